The number of aryl methyl sites for hydroxylation is 1. The molecule has 0 saturated carbocycles. The fourth-order valence-corrected chi connectivity index (χ4v) is 2.17. The van der Waals surface area contributed by atoms with Crippen molar-refractivity contribution in [1.82, 2.24) is 15.1 Å². The highest BCUT2D eigenvalue weighted by Crippen LogP contribution is 2.23. The Morgan fingerprint density at radius 2 is 1.86 bits per heavy atom. The molecule has 2 N–H and O–H groups in total. The standard InChI is InChI=1S/C16H19N3O3/c1-10(16(21)22)11(2)18-15(20)13-9-17-19(3)14(13)12-7-5-4-6-8-12/h4-11H,1-3H3,(H,18,20)(H,21,22). The quantitative estimate of drug-likeness (QED) is 0.883. The van der Waals surface area contributed by atoms with Crippen LogP contribution in [0.25, 0.3) is 11.3 Å². The van der Waals surface area contributed by atoms with Gasteiger partial charge in [0.25, 0.3) is 5.91 Å². The Hall–Kier alpha value is -2.63. The van der Waals surface area contributed by atoms with E-state index in [2.05, 4.69) is 10.4 Å². The minimum Gasteiger partial charge on any atom is -0.481 e. The number of carboxylic acids is 1. The molecule has 1 aromatic carbocycles. The van der Waals surface area contributed by atoms with Gasteiger partial charge in [0, 0.05) is 18.7 Å². The van der Waals surface area contributed by atoms with Crippen LogP contribution in [0.3, 0.4) is 0 Å². The second-order valence-electron chi connectivity index (χ2n) is 5.29. The number of carbonyl (C=O) groups excluding carboxylic acids is 1. The molecule has 0 aliphatic carbocycles. The highest BCUT2D eigenvalue weighted by Gasteiger charge is 2.24. The van der Waals surface area contributed by atoms with Gasteiger partial charge in [-0.05, 0) is 13.8 Å². The minimum absolute atomic E-state index is 0.326. The third-order valence-electron chi connectivity index (χ3n) is 3.73. The largest absolute Gasteiger partial charge is 0.481 e. The van der Waals surface area contributed by atoms with Crippen LogP contribution in [0, 0.1) is 5.92 Å². The SMILES string of the molecule is CC(NC(=O)c1cnn(C)c1-c1ccccc1)C(C)C(=O)O. The molecular formula is C16H19N3O3. The summed E-state index contributed by atoms with van der Waals surface area (Å²) >= 11 is 0. The van der Waals surface area contributed by atoms with Crippen LogP contribution in [0.1, 0.15) is 24.2 Å². The molecule has 1 amide bonds. The zero-order valence-corrected chi connectivity index (χ0v) is 12.8. The van der Waals surface area contributed by atoms with Crippen LogP contribution in [0.4, 0.5) is 0 Å². The van der Waals surface area contributed by atoms with Crippen molar-refractivity contribution in [3.8, 4) is 11.3 Å². The van der Waals surface area contributed by atoms with Crippen molar-refractivity contribution in [3.63, 3.8) is 0 Å². The maximum atomic E-state index is 12.4. The molecule has 6 heteroatoms. The van der Waals surface area contributed by atoms with Gasteiger partial charge >= 0.3 is 5.97 Å². The first-order chi connectivity index (χ1) is 10.4. The number of nitrogens with one attached hydrogen (secondary N) is 1. The number of benzene rings is 1. The van der Waals surface area contributed by atoms with Gasteiger partial charge in [-0.3, -0.25) is 14.3 Å². The molecule has 1 heterocycles. The number of aliphatic carboxylic acids is 1. The Bertz CT molecular complexity index is 679. The van der Waals surface area contributed by atoms with Gasteiger partial charge in [0.05, 0.1) is 23.4 Å². The fraction of sp³-hybridized carbons (Fsp3) is 0.312. The predicted molar refractivity (Wildman–Crippen MR) is 82.4 cm³/mol. The Labute approximate surface area is 128 Å². The van der Waals surface area contributed by atoms with Gasteiger partial charge in [-0.25, -0.2) is 0 Å². The van der Waals surface area contributed by atoms with Crippen molar-refractivity contribution < 1.29 is 14.7 Å². The topological polar surface area (TPSA) is 84.2 Å². The van der Waals surface area contributed by atoms with Gasteiger partial charge in [-0.15, -0.1) is 0 Å². The molecule has 1 aromatic heterocycles. The van der Waals surface area contributed by atoms with Crippen molar-refractivity contribution in [2.75, 3.05) is 0 Å². The van der Waals surface area contributed by atoms with E-state index in [0.717, 1.165) is 5.56 Å². The molecule has 0 bridgehead atoms. The molecule has 0 aliphatic rings. The maximum Gasteiger partial charge on any atom is 0.308 e. The lowest BCUT2D eigenvalue weighted by atomic mass is 10.0. The van der Waals surface area contributed by atoms with E-state index in [1.54, 1.807) is 25.6 Å². The number of carboxylic acid groups (broad SMARTS) is 1. The Morgan fingerprint density at radius 1 is 1.23 bits per heavy atom. The van der Waals surface area contributed by atoms with Crippen molar-refractivity contribution in [1.29, 1.82) is 0 Å². The molecule has 2 atom stereocenters. The van der Waals surface area contributed by atoms with Crippen LogP contribution in [-0.4, -0.2) is 32.8 Å². The van der Waals surface area contributed by atoms with Crippen LogP contribution >= 0.6 is 0 Å². The Morgan fingerprint density at radius 3 is 2.45 bits per heavy atom. The number of nitrogens with zero attached hydrogens (tertiary/aromatic N) is 2. The zero-order chi connectivity index (χ0) is 16.3. The van der Waals surface area contributed by atoms with Gasteiger partial charge in [0.1, 0.15) is 0 Å². The normalized spacial score (nSPS) is 13.4. The molecule has 0 radical (unpaired) electrons. The maximum absolute atomic E-state index is 12.4. The van der Waals surface area contributed by atoms with E-state index < -0.39 is 17.9 Å². The molecule has 2 rings (SSSR count). The molecule has 2 aromatic rings. The lowest BCUT2D eigenvalue weighted by Crippen LogP contribution is -2.40. The second kappa shape index (κ2) is 6.43. The van der Waals surface area contributed by atoms with Crippen molar-refractivity contribution in [2.24, 2.45) is 13.0 Å². The fourth-order valence-electron chi connectivity index (χ4n) is 2.17. The molecule has 2 unspecified atom stereocenters. The number of amides is 1. The summed E-state index contributed by atoms with van der Waals surface area (Å²) in [6, 6.07) is 9.00. The summed E-state index contributed by atoms with van der Waals surface area (Å²) in [6.07, 6.45) is 1.50. The summed E-state index contributed by atoms with van der Waals surface area (Å²) in [5.41, 5.74) is 2.01. The molecule has 0 aliphatic heterocycles. The van der Waals surface area contributed by atoms with Gasteiger partial charge < -0.3 is 10.4 Å². The van der Waals surface area contributed by atoms with Crippen LogP contribution in [0.2, 0.25) is 0 Å². The van der Waals surface area contributed by atoms with Gasteiger partial charge in [0.15, 0.2) is 0 Å². The summed E-state index contributed by atoms with van der Waals surface area (Å²) < 4.78 is 1.63. The van der Waals surface area contributed by atoms with Crippen molar-refractivity contribution in [2.45, 2.75) is 19.9 Å². The van der Waals surface area contributed by atoms with E-state index in [4.69, 9.17) is 5.11 Å². The Kier molecular flexibility index (Phi) is 4.60. The molecule has 22 heavy (non-hydrogen) atoms. The first-order valence-electron chi connectivity index (χ1n) is 7.03. The average Bonchev–Trinajstić information content (AvgIpc) is 2.88. The minimum atomic E-state index is -0.942. The van der Waals surface area contributed by atoms with E-state index in [-0.39, 0.29) is 5.91 Å². The molecular weight excluding hydrogens is 282 g/mol. The van der Waals surface area contributed by atoms with Crippen LogP contribution in [-0.2, 0) is 11.8 Å². The summed E-state index contributed by atoms with van der Waals surface area (Å²) in [4.78, 5) is 23.4. The second-order valence-corrected chi connectivity index (χ2v) is 5.29. The number of hydrogen-bond donors (Lipinski definition) is 2. The lowest BCUT2D eigenvalue weighted by Gasteiger charge is -2.17. The summed E-state index contributed by atoms with van der Waals surface area (Å²) in [6.45, 7) is 3.24. The molecule has 0 saturated heterocycles. The van der Waals surface area contributed by atoms with Crippen LogP contribution in [0.15, 0.2) is 36.5 Å². The van der Waals surface area contributed by atoms with Gasteiger partial charge in [-0.1, -0.05) is 30.3 Å². The van der Waals surface area contributed by atoms with E-state index >= 15 is 0 Å². The Balaban J connectivity index is 2.27. The van der Waals surface area contributed by atoms with Crippen LogP contribution < -0.4 is 5.32 Å². The predicted octanol–water partition coefficient (Wildman–Crippen LogP) is 1.93. The summed E-state index contributed by atoms with van der Waals surface area (Å²) in [5, 5.41) is 15.9. The number of rotatable bonds is 5. The van der Waals surface area contributed by atoms with E-state index in [9.17, 15) is 9.59 Å². The summed E-state index contributed by atoms with van der Waals surface area (Å²) in [7, 11) is 1.77. The van der Waals surface area contributed by atoms with E-state index in [0.29, 0.717) is 11.3 Å². The molecule has 116 valence electrons. The van der Waals surface area contributed by atoms with Crippen LogP contribution in [0.5, 0.6) is 0 Å². The molecule has 6 nitrogen and oxygen atoms in total. The van der Waals surface area contributed by atoms with E-state index in [1.807, 2.05) is 30.3 Å². The van der Waals surface area contributed by atoms with E-state index in [1.165, 1.54) is 6.20 Å². The van der Waals surface area contributed by atoms with Gasteiger partial charge in [-0.2, -0.15) is 5.10 Å². The number of aromatic nitrogens is 2. The molecule has 0 fully saturated rings. The lowest BCUT2D eigenvalue weighted by molar-refractivity contribution is -0.141. The first kappa shape index (κ1) is 15.8. The van der Waals surface area contributed by atoms with Crippen molar-refractivity contribution >= 4 is 11.9 Å². The number of carbonyl (C=O) groups is 2. The average molecular weight is 301 g/mol. The van der Waals surface area contributed by atoms with Gasteiger partial charge in [0.2, 0.25) is 0 Å². The van der Waals surface area contributed by atoms with Crippen molar-refractivity contribution in [3.05, 3.63) is 42.1 Å². The molecule has 0 spiro atoms. The third kappa shape index (κ3) is 3.16. The highest BCUT2D eigenvalue weighted by atomic mass is 16.4. The monoisotopic (exact) mass is 301 g/mol. The summed E-state index contributed by atoms with van der Waals surface area (Å²) in [5.74, 6) is -1.93. The third-order valence-corrected chi connectivity index (χ3v) is 3.73. The first-order valence-corrected chi connectivity index (χ1v) is 7.03. The zero-order valence-electron chi connectivity index (χ0n) is 12.8. The number of hydrogen-bond acceptors (Lipinski definition) is 3. The smallest absolute Gasteiger partial charge is 0.308 e. The highest BCUT2D eigenvalue weighted by molar-refractivity contribution is 6.00.